The van der Waals surface area contributed by atoms with E-state index in [-0.39, 0.29) is 47.0 Å². The number of nitrogens with zero attached hydrogens (tertiary/aromatic N) is 1. The van der Waals surface area contributed by atoms with Gasteiger partial charge in [0, 0.05) is 0 Å². The minimum absolute atomic E-state index is 0.0489. The van der Waals surface area contributed by atoms with Crippen LogP contribution in [0.5, 0.6) is 0 Å². The Bertz CT molecular complexity index is 578. The first-order valence-corrected chi connectivity index (χ1v) is 8.56. The molecule has 5 nitrogen and oxygen atoms in total. The number of carbonyl (C=O) groups is 2. The van der Waals surface area contributed by atoms with Crippen molar-refractivity contribution < 1.29 is 18.0 Å². The zero-order chi connectivity index (χ0) is 13.4. The van der Waals surface area contributed by atoms with Gasteiger partial charge in [-0.05, 0) is 24.7 Å². The topological polar surface area (TPSA) is 71.5 Å². The summed E-state index contributed by atoms with van der Waals surface area (Å²) in [7, 11) is -3.08. The number of allylic oxidation sites excluding steroid dienone is 2. The van der Waals surface area contributed by atoms with E-state index in [1.54, 1.807) is 0 Å². The number of sulfone groups is 1. The molecule has 2 heterocycles. The number of imide groups is 1. The van der Waals surface area contributed by atoms with E-state index in [2.05, 4.69) is 0 Å². The van der Waals surface area contributed by atoms with Crippen molar-refractivity contribution in [1.29, 1.82) is 0 Å². The summed E-state index contributed by atoms with van der Waals surface area (Å²) in [5.74, 6) is -0.273. The number of rotatable bonds is 1. The molecule has 2 aliphatic heterocycles. The molecule has 0 unspecified atom stereocenters. The summed E-state index contributed by atoms with van der Waals surface area (Å²) in [6, 6.07) is -0.421. The molecule has 19 heavy (non-hydrogen) atoms. The second-order valence-corrected chi connectivity index (χ2v) is 8.33. The molecule has 2 aliphatic carbocycles. The lowest BCUT2D eigenvalue weighted by molar-refractivity contribution is -0.142. The predicted octanol–water partition coefficient (Wildman–Crippen LogP) is -0.0194. The molecule has 0 radical (unpaired) electrons. The van der Waals surface area contributed by atoms with Gasteiger partial charge in [0.05, 0.1) is 29.4 Å². The fourth-order valence-electron chi connectivity index (χ4n) is 4.26. The molecule has 6 heteroatoms. The summed E-state index contributed by atoms with van der Waals surface area (Å²) in [5.41, 5.74) is 0. The highest BCUT2D eigenvalue weighted by Gasteiger charge is 2.60. The summed E-state index contributed by atoms with van der Waals surface area (Å²) >= 11 is 0. The van der Waals surface area contributed by atoms with Crippen LogP contribution in [0.1, 0.15) is 12.8 Å². The maximum atomic E-state index is 12.5. The van der Waals surface area contributed by atoms with Gasteiger partial charge in [0.1, 0.15) is 0 Å². The molecule has 2 saturated heterocycles. The molecule has 0 spiro atoms. The van der Waals surface area contributed by atoms with E-state index in [1.165, 1.54) is 4.90 Å². The van der Waals surface area contributed by atoms with Gasteiger partial charge < -0.3 is 0 Å². The summed E-state index contributed by atoms with van der Waals surface area (Å²) in [4.78, 5) is 26.2. The van der Waals surface area contributed by atoms with E-state index in [9.17, 15) is 18.0 Å². The van der Waals surface area contributed by atoms with E-state index in [1.807, 2.05) is 12.2 Å². The Morgan fingerprint density at radius 1 is 1.05 bits per heavy atom. The second kappa shape index (κ2) is 3.48. The molecule has 4 aliphatic rings. The largest absolute Gasteiger partial charge is 0.278 e. The summed E-state index contributed by atoms with van der Waals surface area (Å²) < 4.78 is 23.1. The Morgan fingerprint density at radius 3 is 2.11 bits per heavy atom. The van der Waals surface area contributed by atoms with E-state index >= 15 is 0 Å². The van der Waals surface area contributed by atoms with Crippen LogP contribution in [-0.4, -0.2) is 42.7 Å². The van der Waals surface area contributed by atoms with Crippen LogP contribution >= 0.6 is 0 Å². The molecule has 2 amide bonds. The third kappa shape index (κ3) is 1.43. The Balaban J connectivity index is 1.66. The van der Waals surface area contributed by atoms with Crippen molar-refractivity contribution in [3.63, 3.8) is 0 Å². The summed E-state index contributed by atoms with van der Waals surface area (Å²) in [6.45, 7) is 0. The summed E-state index contributed by atoms with van der Waals surface area (Å²) in [5, 5.41) is 0. The Kier molecular flexibility index (Phi) is 2.13. The number of hydrogen-bond acceptors (Lipinski definition) is 4. The van der Waals surface area contributed by atoms with Crippen LogP contribution in [0.2, 0.25) is 0 Å². The van der Waals surface area contributed by atoms with Crippen LogP contribution < -0.4 is 0 Å². The van der Waals surface area contributed by atoms with Crippen LogP contribution in [-0.2, 0) is 19.4 Å². The van der Waals surface area contributed by atoms with Gasteiger partial charge in [-0.3, -0.25) is 14.5 Å². The molecular weight excluding hydrogens is 266 g/mol. The third-order valence-corrected chi connectivity index (χ3v) is 6.83. The maximum absolute atomic E-state index is 12.5. The monoisotopic (exact) mass is 281 g/mol. The first-order chi connectivity index (χ1) is 8.98. The van der Waals surface area contributed by atoms with Crippen molar-refractivity contribution in [1.82, 2.24) is 4.90 Å². The first kappa shape index (κ1) is 11.6. The molecule has 5 atom stereocenters. The van der Waals surface area contributed by atoms with E-state index < -0.39 is 15.9 Å². The van der Waals surface area contributed by atoms with Gasteiger partial charge in [-0.25, -0.2) is 8.42 Å². The van der Waals surface area contributed by atoms with Crippen LogP contribution in [0.25, 0.3) is 0 Å². The first-order valence-electron chi connectivity index (χ1n) is 6.73. The van der Waals surface area contributed by atoms with Crippen LogP contribution in [0.15, 0.2) is 12.2 Å². The molecule has 0 aromatic heterocycles. The van der Waals surface area contributed by atoms with E-state index in [0.29, 0.717) is 6.42 Å². The SMILES string of the molecule is O=C1[C@@H]2[C@@H](C(=O)N1[C@@H]1CCS(=O)(=O)C1)[C@@H]1C=C[C@@H]2C1. The minimum Gasteiger partial charge on any atom is -0.278 e. The van der Waals surface area contributed by atoms with E-state index in [4.69, 9.17) is 0 Å². The zero-order valence-electron chi connectivity index (χ0n) is 10.4. The number of fused-ring (bicyclic) bond motifs is 5. The standard InChI is InChI=1S/C13H15NO4S/c15-12-10-7-1-2-8(5-7)11(10)13(16)14(12)9-3-4-19(17,18)6-9/h1-2,7-11H,3-6H2/t7-,8-,9-,10+,11+/m1/s1. The summed E-state index contributed by atoms with van der Waals surface area (Å²) in [6.07, 6.45) is 5.41. The molecule has 4 rings (SSSR count). The fourth-order valence-corrected chi connectivity index (χ4v) is 5.96. The normalized spacial score (nSPS) is 46.3. The lowest BCUT2D eigenvalue weighted by Gasteiger charge is -2.22. The quantitative estimate of drug-likeness (QED) is 0.500. The molecular formula is C13H15NO4S. The highest BCUT2D eigenvalue weighted by atomic mass is 32.2. The Hall–Kier alpha value is -1.17. The highest BCUT2D eigenvalue weighted by molar-refractivity contribution is 7.91. The molecule has 0 aromatic rings. The molecule has 1 saturated carbocycles. The number of hydrogen-bond donors (Lipinski definition) is 0. The molecule has 102 valence electrons. The van der Waals surface area contributed by atoms with Crippen molar-refractivity contribution in [2.24, 2.45) is 23.7 Å². The van der Waals surface area contributed by atoms with Gasteiger partial charge in [0.2, 0.25) is 11.8 Å². The van der Waals surface area contributed by atoms with E-state index in [0.717, 1.165) is 6.42 Å². The molecule has 3 fully saturated rings. The Labute approximate surface area is 111 Å². The smallest absolute Gasteiger partial charge is 0.234 e. The minimum atomic E-state index is -3.08. The van der Waals surface area contributed by atoms with Gasteiger partial charge >= 0.3 is 0 Å². The van der Waals surface area contributed by atoms with Gasteiger partial charge in [-0.2, -0.15) is 0 Å². The van der Waals surface area contributed by atoms with Gasteiger partial charge in [-0.1, -0.05) is 12.2 Å². The average Bonchev–Trinajstić information content (AvgIpc) is 3.04. The van der Waals surface area contributed by atoms with Crippen molar-refractivity contribution >= 4 is 21.7 Å². The number of carbonyl (C=O) groups excluding carboxylic acids is 2. The van der Waals surface area contributed by atoms with Gasteiger partial charge in [0.25, 0.3) is 0 Å². The van der Waals surface area contributed by atoms with Gasteiger partial charge in [0.15, 0.2) is 9.84 Å². The average molecular weight is 281 g/mol. The third-order valence-electron chi connectivity index (χ3n) is 5.08. The zero-order valence-corrected chi connectivity index (χ0v) is 11.2. The predicted molar refractivity (Wildman–Crippen MR) is 66.6 cm³/mol. The van der Waals surface area contributed by atoms with Crippen LogP contribution in [0, 0.1) is 23.7 Å². The highest BCUT2D eigenvalue weighted by Crippen LogP contribution is 2.53. The maximum Gasteiger partial charge on any atom is 0.234 e. The second-order valence-electron chi connectivity index (χ2n) is 6.10. The molecule has 0 N–H and O–H groups in total. The van der Waals surface area contributed by atoms with Crippen molar-refractivity contribution in [3.8, 4) is 0 Å². The molecule has 2 bridgehead atoms. The lowest BCUT2D eigenvalue weighted by atomic mass is 9.85. The number of likely N-dealkylation sites (tertiary alicyclic amines) is 1. The van der Waals surface area contributed by atoms with Crippen molar-refractivity contribution in [3.05, 3.63) is 12.2 Å². The van der Waals surface area contributed by atoms with Crippen molar-refractivity contribution in [2.75, 3.05) is 11.5 Å². The van der Waals surface area contributed by atoms with Crippen molar-refractivity contribution in [2.45, 2.75) is 18.9 Å². The fraction of sp³-hybridized carbons (Fsp3) is 0.692. The van der Waals surface area contributed by atoms with Crippen LogP contribution in [0.3, 0.4) is 0 Å². The Morgan fingerprint density at radius 2 is 1.63 bits per heavy atom. The van der Waals surface area contributed by atoms with Crippen LogP contribution in [0.4, 0.5) is 0 Å². The number of amides is 2. The van der Waals surface area contributed by atoms with Gasteiger partial charge in [-0.15, -0.1) is 0 Å². The lowest BCUT2D eigenvalue weighted by Crippen LogP contribution is -2.42. The molecule has 0 aromatic carbocycles.